The van der Waals surface area contributed by atoms with Crippen molar-refractivity contribution in [1.29, 1.82) is 0 Å². The smallest absolute Gasteiger partial charge is 0.0744 e. The molecule has 0 saturated carbocycles. The van der Waals surface area contributed by atoms with Gasteiger partial charge in [0.2, 0.25) is 0 Å². The first-order chi connectivity index (χ1) is 3.55. The molecule has 0 saturated heterocycles. The Hall–Kier alpha value is -0.420. The van der Waals surface area contributed by atoms with Crippen LogP contribution in [0.5, 0.6) is 0 Å². The molecule has 8 N–H and O–H groups in total. The van der Waals surface area contributed by atoms with Gasteiger partial charge in [0.1, 0.15) is 0 Å². The Balaban J connectivity index is -0.000000245. The lowest BCUT2D eigenvalue weighted by Gasteiger charge is -2.09. The Morgan fingerprint density at radius 1 is 1.10 bits per heavy atom. The topological polar surface area (TPSA) is 110 Å². The lowest BCUT2D eigenvalue weighted by atomic mass is 10.1. The average Bonchev–Trinajstić information content (AvgIpc) is 1.64. The van der Waals surface area contributed by atoms with E-state index in [1.165, 1.54) is 0 Å². The fourth-order valence-corrected chi connectivity index (χ4v) is 0.349. The van der Waals surface area contributed by atoms with Crippen molar-refractivity contribution in [3.63, 3.8) is 0 Å². The van der Waals surface area contributed by atoms with E-state index in [1.54, 1.807) is 13.8 Å². The number of aliphatic hydroxyl groups is 2. The highest BCUT2D eigenvalue weighted by atomic mass is 16.3. The zero-order chi connectivity index (χ0) is 6.73. The van der Waals surface area contributed by atoms with Gasteiger partial charge in [0.15, 0.2) is 0 Å². The van der Waals surface area contributed by atoms with Gasteiger partial charge in [-0.25, -0.2) is 0 Å². The summed E-state index contributed by atoms with van der Waals surface area (Å²) in [4.78, 5) is 0. The van der Waals surface area contributed by atoms with E-state index in [9.17, 15) is 0 Å². The number of hydrogen-bond acceptors (Lipinski definition) is 4. The molecule has 0 radical (unpaired) electrons. The molecule has 0 amide bonds. The van der Waals surface area contributed by atoms with Crippen LogP contribution < -0.4 is 12.3 Å². The van der Waals surface area contributed by atoms with E-state index in [-0.39, 0.29) is 12.3 Å². The fourth-order valence-electron chi connectivity index (χ4n) is 0.349. The molecule has 4 heteroatoms. The molecule has 64 valence electrons. The van der Waals surface area contributed by atoms with Crippen LogP contribution in [0.15, 0.2) is 12.2 Å². The van der Waals surface area contributed by atoms with Gasteiger partial charge in [0.05, 0.1) is 12.2 Å². The van der Waals surface area contributed by atoms with Gasteiger partial charge in [-0.05, 0) is 19.4 Å². The maximum Gasteiger partial charge on any atom is 0.0744 e. The molecule has 4 nitrogen and oxygen atoms in total. The second-order valence-corrected chi connectivity index (χ2v) is 1.93. The second kappa shape index (κ2) is 6.70. The monoisotopic (exact) mass is 150 g/mol. The molecule has 2 atom stereocenters. The first-order valence-electron chi connectivity index (χ1n) is 2.60. The molecule has 0 aliphatic carbocycles. The van der Waals surface area contributed by atoms with E-state index in [2.05, 4.69) is 6.58 Å². The first kappa shape index (κ1) is 16.3. The van der Waals surface area contributed by atoms with E-state index in [4.69, 9.17) is 10.2 Å². The van der Waals surface area contributed by atoms with Gasteiger partial charge < -0.3 is 22.5 Å². The second-order valence-electron chi connectivity index (χ2n) is 1.93. The summed E-state index contributed by atoms with van der Waals surface area (Å²) in [7, 11) is 0. The van der Waals surface area contributed by atoms with E-state index >= 15 is 0 Å². The highest BCUT2D eigenvalue weighted by molar-refractivity contribution is 5.04. The van der Waals surface area contributed by atoms with Gasteiger partial charge in [0, 0.05) is 0 Å². The minimum Gasteiger partial charge on any atom is -0.389 e. The molecule has 0 aromatic heterocycles. The average molecular weight is 150 g/mol. The highest BCUT2D eigenvalue weighted by Gasteiger charge is 2.05. The van der Waals surface area contributed by atoms with Crippen molar-refractivity contribution in [2.45, 2.75) is 26.1 Å². The van der Waals surface area contributed by atoms with Crippen molar-refractivity contribution >= 4 is 0 Å². The molecule has 0 aromatic rings. The molecule has 0 fully saturated rings. The van der Waals surface area contributed by atoms with E-state index in [0.29, 0.717) is 5.57 Å². The van der Waals surface area contributed by atoms with Crippen molar-refractivity contribution in [3.8, 4) is 0 Å². The van der Waals surface area contributed by atoms with Gasteiger partial charge in [-0.1, -0.05) is 6.58 Å². The van der Waals surface area contributed by atoms with Crippen molar-refractivity contribution in [1.82, 2.24) is 12.3 Å². The SMILES string of the molecule is C=C(C(C)O)C(C)O.N.N. The third kappa shape index (κ3) is 5.71. The van der Waals surface area contributed by atoms with Gasteiger partial charge in [-0.15, -0.1) is 0 Å². The Labute approximate surface area is 61.7 Å². The van der Waals surface area contributed by atoms with E-state index < -0.39 is 12.2 Å². The summed E-state index contributed by atoms with van der Waals surface area (Å²) in [5, 5.41) is 17.5. The third-order valence-electron chi connectivity index (χ3n) is 1.07. The molecule has 0 aliphatic heterocycles. The number of hydrogen-bond donors (Lipinski definition) is 4. The van der Waals surface area contributed by atoms with Crippen molar-refractivity contribution in [3.05, 3.63) is 12.2 Å². The van der Waals surface area contributed by atoms with Gasteiger partial charge in [-0.2, -0.15) is 0 Å². The van der Waals surface area contributed by atoms with Gasteiger partial charge in [-0.3, -0.25) is 0 Å². The van der Waals surface area contributed by atoms with Crippen molar-refractivity contribution in [2.75, 3.05) is 0 Å². The molecule has 0 heterocycles. The Kier molecular flexibility index (Phi) is 10.9. The van der Waals surface area contributed by atoms with Crippen molar-refractivity contribution in [2.24, 2.45) is 0 Å². The normalized spacial score (nSPS) is 14.0. The first-order valence-corrected chi connectivity index (χ1v) is 2.60. The largest absolute Gasteiger partial charge is 0.389 e. The lowest BCUT2D eigenvalue weighted by Crippen LogP contribution is -2.14. The van der Waals surface area contributed by atoms with Crippen LogP contribution in [0, 0.1) is 0 Å². The van der Waals surface area contributed by atoms with Gasteiger partial charge >= 0.3 is 0 Å². The summed E-state index contributed by atoms with van der Waals surface area (Å²) in [5.41, 5.74) is 0.463. The predicted molar refractivity (Wildman–Crippen MR) is 42.5 cm³/mol. The summed E-state index contributed by atoms with van der Waals surface area (Å²) in [6.07, 6.45) is -1.20. The number of aliphatic hydroxyl groups excluding tert-OH is 2. The zero-order valence-electron chi connectivity index (χ0n) is 6.67. The molecular formula is C6H18N2O2. The summed E-state index contributed by atoms with van der Waals surface area (Å²) < 4.78 is 0. The molecule has 10 heavy (non-hydrogen) atoms. The van der Waals surface area contributed by atoms with Crippen LogP contribution in [0.25, 0.3) is 0 Å². The molecule has 0 spiro atoms. The van der Waals surface area contributed by atoms with E-state index in [0.717, 1.165) is 0 Å². The molecule has 0 bridgehead atoms. The summed E-state index contributed by atoms with van der Waals surface area (Å²) >= 11 is 0. The molecular weight excluding hydrogens is 132 g/mol. The Morgan fingerprint density at radius 2 is 1.30 bits per heavy atom. The van der Waals surface area contributed by atoms with Crippen LogP contribution in [0.4, 0.5) is 0 Å². The van der Waals surface area contributed by atoms with Crippen LogP contribution in [0.3, 0.4) is 0 Å². The van der Waals surface area contributed by atoms with Crippen LogP contribution in [-0.2, 0) is 0 Å². The molecule has 2 unspecified atom stereocenters. The summed E-state index contributed by atoms with van der Waals surface area (Å²) in [5.74, 6) is 0. The molecule has 0 aliphatic rings. The van der Waals surface area contributed by atoms with Crippen molar-refractivity contribution < 1.29 is 10.2 Å². The maximum absolute atomic E-state index is 8.73. The quantitative estimate of drug-likeness (QED) is 0.432. The third-order valence-corrected chi connectivity index (χ3v) is 1.07. The predicted octanol–water partition coefficient (Wildman–Crippen LogP) is 0.628. The molecule has 0 rings (SSSR count). The summed E-state index contributed by atoms with van der Waals surface area (Å²) in [6.45, 7) is 6.61. The number of rotatable bonds is 2. The minimum atomic E-state index is -0.602. The highest BCUT2D eigenvalue weighted by Crippen LogP contribution is 2.02. The Morgan fingerprint density at radius 3 is 1.30 bits per heavy atom. The van der Waals surface area contributed by atoms with Gasteiger partial charge in [0.25, 0.3) is 0 Å². The lowest BCUT2D eigenvalue weighted by molar-refractivity contribution is 0.165. The van der Waals surface area contributed by atoms with Crippen LogP contribution in [0.1, 0.15) is 13.8 Å². The summed E-state index contributed by atoms with van der Waals surface area (Å²) in [6, 6.07) is 0. The standard InChI is InChI=1S/C6H12O2.2H3N/c1-4(5(2)7)6(3)8;;/h5-8H,1H2,2-3H3;2*1H3. The fraction of sp³-hybridized carbons (Fsp3) is 0.667. The van der Waals surface area contributed by atoms with Crippen LogP contribution in [0.2, 0.25) is 0 Å². The Bertz CT molecular complexity index is 81.7. The zero-order valence-corrected chi connectivity index (χ0v) is 6.67. The van der Waals surface area contributed by atoms with Crippen LogP contribution >= 0.6 is 0 Å². The minimum absolute atomic E-state index is 0. The van der Waals surface area contributed by atoms with Crippen LogP contribution in [-0.4, -0.2) is 22.4 Å². The maximum atomic E-state index is 8.73. The molecule has 0 aromatic carbocycles. The van der Waals surface area contributed by atoms with E-state index in [1.807, 2.05) is 0 Å².